The molecule has 0 aliphatic rings. The zero-order valence-electron chi connectivity index (χ0n) is 10.5. The molecule has 5 nitrogen and oxygen atoms in total. The third kappa shape index (κ3) is 4.68. The molecule has 0 fully saturated rings. The number of amides is 1. The fraction of sp³-hybridized carbons (Fsp3) is 0.583. The van der Waals surface area contributed by atoms with Gasteiger partial charge in [0.2, 0.25) is 0 Å². The molecule has 0 unspecified atom stereocenters. The molecule has 0 saturated carbocycles. The minimum Gasteiger partial charge on any atom is -0.394 e. The van der Waals surface area contributed by atoms with Crippen LogP contribution >= 0.6 is 11.6 Å². The number of aryl methyl sites for hydroxylation is 1. The van der Waals surface area contributed by atoms with Gasteiger partial charge in [0, 0.05) is 19.3 Å². The number of carbonyl (C=O) groups is 1. The Bertz CT molecular complexity index is 379. The number of carbonyl (C=O) groups excluding carboxylic acids is 1. The van der Waals surface area contributed by atoms with Crippen LogP contribution in [0, 0.1) is 0 Å². The van der Waals surface area contributed by atoms with E-state index in [0.29, 0.717) is 23.9 Å². The van der Waals surface area contributed by atoms with Crippen LogP contribution in [0.2, 0.25) is 5.02 Å². The van der Waals surface area contributed by atoms with Crippen molar-refractivity contribution < 1.29 is 14.6 Å². The highest BCUT2D eigenvalue weighted by atomic mass is 35.5. The molecule has 102 valence electrons. The van der Waals surface area contributed by atoms with Crippen LogP contribution in [0.1, 0.15) is 23.8 Å². The first-order chi connectivity index (χ1) is 8.69. The molecule has 0 aliphatic heterocycles. The predicted molar refractivity (Wildman–Crippen MR) is 70.0 cm³/mol. The molecule has 0 atom stereocenters. The highest BCUT2D eigenvalue weighted by Crippen LogP contribution is 2.14. The lowest BCUT2D eigenvalue weighted by atomic mass is 10.3. The Morgan fingerprint density at radius 2 is 2.33 bits per heavy atom. The molecule has 1 rings (SSSR count). The Kier molecular flexibility index (Phi) is 6.78. The number of aliphatic hydroxyl groups excluding tert-OH is 1. The lowest BCUT2D eigenvalue weighted by molar-refractivity contribution is 0.0832. The summed E-state index contributed by atoms with van der Waals surface area (Å²) in [4.78, 5) is 11.9. The molecule has 0 bridgehead atoms. The van der Waals surface area contributed by atoms with Crippen LogP contribution in [0.5, 0.6) is 0 Å². The molecular weight excluding hydrogens is 256 g/mol. The van der Waals surface area contributed by atoms with Crippen molar-refractivity contribution in [1.29, 1.82) is 0 Å². The molecular formula is C12H19ClN2O3. The van der Waals surface area contributed by atoms with Crippen molar-refractivity contribution in [2.45, 2.75) is 19.9 Å². The van der Waals surface area contributed by atoms with Crippen molar-refractivity contribution in [3.63, 3.8) is 0 Å². The van der Waals surface area contributed by atoms with Crippen molar-refractivity contribution >= 4 is 17.5 Å². The standard InChI is InChI=1S/C12H19ClN2O3/c1-2-4-15-9-10(13)8-11(15)12(17)14-3-6-18-7-5-16/h8-9,16H,2-7H2,1H3,(H,14,17). The molecule has 1 aromatic heterocycles. The van der Waals surface area contributed by atoms with Gasteiger partial charge in [-0.3, -0.25) is 4.79 Å². The fourth-order valence-electron chi connectivity index (χ4n) is 1.58. The van der Waals surface area contributed by atoms with E-state index in [4.69, 9.17) is 21.4 Å². The number of nitrogens with one attached hydrogen (secondary N) is 1. The number of hydrogen-bond donors (Lipinski definition) is 2. The molecule has 1 amide bonds. The molecule has 2 N–H and O–H groups in total. The fourth-order valence-corrected chi connectivity index (χ4v) is 1.81. The highest BCUT2D eigenvalue weighted by Gasteiger charge is 2.12. The van der Waals surface area contributed by atoms with E-state index in [0.717, 1.165) is 13.0 Å². The van der Waals surface area contributed by atoms with Crippen LogP contribution in [0.15, 0.2) is 12.3 Å². The summed E-state index contributed by atoms with van der Waals surface area (Å²) >= 11 is 5.89. The van der Waals surface area contributed by atoms with Crippen molar-refractivity contribution in [3.8, 4) is 0 Å². The monoisotopic (exact) mass is 274 g/mol. The maximum absolute atomic E-state index is 11.9. The SMILES string of the molecule is CCCn1cc(Cl)cc1C(=O)NCCOCCO. The summed E-state index contributed by atoms with van der Waals surface area (Å²) in [6.07, 6.45) is 2.69. The summed E-state index contributed by atoms with van der Waals surface area (Å²) in [7, 11) is 0. The first-order valence-electron chi connectivity index (χ1n) is 6.01. The Labute approximate surface area is 112 Å². The second kappa shape index (κ2) is 8.13. The average molecular weight is 275 g/mol. The second-order valence-electron chi connectivity index (χ2n) is 3.83. The topological polar surface area (TPSA) is 63.5 Å². The van der Waals surface area contributed by atoms with Crippen LogP contribution in [0.3, 0.4) is 0 Å². The maximum atomic E-state index is 11.9. The summed E-state index contributed by atoms with van der Waals surface area (Å²) in [5.41, 5.74) is 0.559. The van der Waals surface area contributed by atoms with E-state index in [1.54, 1.807) is 12.3 Å². The Morgan fingerprint density at radius 1 is 1.56 bits per heavy atom. The summed E-state index contributed by atoms with van der Waals surface area (Å²) in [6, 6.07) is 1.65. The molecule has 0 aromatic carbocycles. The van der Waals surface area contributed by atoms with Crippen molar-refractivity contribution in [3.05, 3.63) is 23.0 Å². The minimum atomic E-state index is -0.164. The first kappa shape index (κ1) is 15.0. The largest absolute Gasteiger partial charge is 0.394 e. The summed E-state index contributed by atoms with van der Waals surface area (Å²) in [5.74, 6) is -0.164. The third-order valence-corrected chi connectivity index (χ3v) is 2.53. The number of rotatable bonds is 8. The number of hydrogen-bond acceptors (Lipinski definition) is 3. The van der Waals surface area contributed by atoms with Gasteiger partial charge >= 0.3 is 0 Å². The van der Waals surface area contributed by atoms with E-state index in [-0.39, 0.29) is 19.1 Å². The zero-order valence-corrected chi connectivity index (χ0v) is 11.2. The maximum Gasteiger partial charge on any atom is 0.268 e. The van der Waals surface area contributed by atoms with E-state index in [1.165, 1.54) is 0 Å². The number of aliphatic hydroxyl groups is 1. The number of aromatic nitrogens is 1. The Hall–Kier alpha value is -1.04. The van der Waals surface area contributed by atoms with Crippen LogP contribution in [-0.4, -0.2) is 41.9 Å². The summed E-state index contributed by atoms with van der Waals surface area (Å²) < 4.78 is 6.89. The van der Waals surface area contributed by atoms with E-state index in [9.17, 15) is 4.79 Å². The minimum absolute atomic E-state index is 0.0110. The Morgan fingerprint density at radius 3 is 3.00 bits per heavy atom. The number of halogens is 1. The number of ether oxygens (including phenoxy) is 1. The molecule has 0 radical (unpaired) electrons. The molecule has 1 heterocycles. The van der Waals surface area contributed by atoms with Crippen molar-refractivity contribution in [2.24, 2.45) is 0 Å². The quantitative estimate of drug-likeness (QED) is 0.702. The lowest BCUT2D eigenvalue weighted by Gasteiger charge is -2.08. The van der Waals surface area contributed by atoms with Gasteiger partial charge in [-0.1, -0.05) is 18.5 Å². The van der Waals surface area contributed by atoms with Gasteiger partial charge in [-0.2, -0.15) is 0 Å². The van der Waals surface area contributed by atoms with Gasteiger partial charge in [0.1, 0.15) is 5.69 Å². The summed E-state index contributed by atoms with van der Waals surface area (Å²) in [6.45, 7) is 3.87. The Balaban J connectivity index is 2.45. The molecule has 18 heavy (non-hydrogen) atoms. The van der Waals surface area contributed by atoms with Gasteiger partial charge in [0.05, 0.1) is 24.8 Å². The van der Waals surface area contributed by atoms with Crippen LogP contribution in [0.25, 0.3) is 0 Å². The van der Waals surface area contributed by atoms with Crippen LogP contribution in [0.4, 0.5) is 0 Å². The smallest absolute Gasteiger partial charge is 0.268 e. The summed E-state index contributed by atoms with van der Waals surface area (Å²) in [5, 5.41) is 11.8. The van der Waals surface area contributed by atoms with Gasteiger partial charge in [-0.25, -0.2) is 0 Å². The van der Waals surface area contributed by atoms with Gasteiger partial charge < -0.3 is 19.7 Å². The van der Waals surface area contributed by atoms with Gasteiger partial charge in [0.15, 0.2) is 0 Å². The third-order valence-electron chi connectivity index (χ3n) is 2.33. The van der Waals surface area contributed by atoms with E-state index in [1.807, 2.05) is 11.5 Å². The lowest BCUT2D eigenvalue weighted by Crippen LogP contribution is -2.29. The average Bonchev–Trinajstić information content (AvgIpc) is 2.70. The molecule has 0 spiro atoms. The highest BCUT2D eigenvalue weighted by molar-refractivity contribution is 6.31. The zero-order chi connectivity index (χ0) is 13.4. The van der Waals surface area contributed by atoms with E-state index in [2.05, 4.69) is 5.32 Å². The van der Waals surface area contributed by atoms with Gasteiger partial charge in [-0.15, -0.1) is 0 Å². The van der Waals surface area contributed by atoms with E-state index < -0.39 is 0 Å². The second-order valence-corrected chi connectivity index (χ2v) is 4.27. The van der Waals surface area contributed by atoms with E-state index >= 15 is 0 Å². The number of nitrogens with zero attached hydrogens (tertiary/aromatic N) is 1. The molecule has 0 saturated heterocycles. The molecule has 1 aromatic rings. The van der Waals surface area contributed by atoms with Crippen LogP contribution < -0.4 is 5.32 Å². The predicted octanol–water partition coefficient (Wildman–Crippen LogP) is 1.29. The normalized spacial score (nSPS) is 10.6. The first-order valence-corrected chi connectivity index (χ1v) is 6.39. The van der Waals surface area contributed by atoms with Crippen molar-refractivity contribution in [2.75, 3.05) is 26.4 Å². The van der Waals surface area contributed by atoms with Crippen LogP contribution in [-0.2, 0) is 11.3 Å². The van der Waals surface area contributed by atoms with Gasteiger partial charge in [-0.05, 0) is 12.5 Å². The van der Waals surface area contributed by atoms with Gasteiger partial charge in [0.25, 0.3) is 5.91 Å². The van der Waals surface area contributed by atoms with Crippen molar-refractivity contribution in [1.82, 2.24) is 9.88 Å². The molecule has 0 aliphatic carbocycles. The molecule has 6 heteroatoms.